The molecule has 0 aliphatic carbocycles. The molecule has 176 valence electrons. The first kappa shape index (κ1) is 23.7. The van der Waals surface area contributed by atoms with E-state index in [0.717, 1.165) is 51.0 Å². The van der Waals surface area contributed by atoms with Gasteiger partial charge in [0.05, 0.1) is 37.3 Å². The molecule has 3 aromatic carbocycles. The summed E-state index contributed by atoms with van der Waals surface area (Å²) in [7, 11) is 3.32. The predicted octanol–water partition coefficient (Wildman–Crippen LogP) is 6.28. The molecule has 0 N–H and O–H groups in total. The Kier molecular flexibility index (Phi) is 7.18. The largest absolute Gasteiger partial charge is 0.497 e. The summed E-state index contributed by atoms with van der Waals surface area (Å²) in [6.07, 6.45) is 0. The number of nitriles is 1. The van der Waals surface area contributed by atoms with Gasteiger partial charge in [-0.05, 0) is 74.0 Å². The molecule has 0 spiro atoms. The maximum Gasteiger partial charge on any atom is 0.142 e. The fraction of sp³-hybridized carbons (Fsp3) is 0.172. The number of nitrogens with zero attached hydrogens (tertiary/aromatic N) is 3. The van der Waals surface area contributed by atoms with Crippen LogP contribution < -0.4 is 9.47 Å². The van der Waals surface area contributed by atoms with E-state index in [-0.39, 0.29) is 6.61 Å². The summed E-state index contributed by atoms with van der Waals surface area (Å²) in [6, 6.07) is 27.5. The summed E-state index contributed by atoms with van der Waals surface area (Å²) >= 11 is 0. The molecule has 1 aromatic heterocycles. The Balaban J connectivity index is 1.71. The van der Waals surface area contributed by atoms with Crippen LogP contribution in [0, 0.1) is 18.3 Å². The van der Waals surface area contributed by atoms with Gasteiger partial charge in [-0.2, -0.15) is 5.26 Å². The van der Waals surface area contributed by atoms with Crippen LogP contribution in [0.4, 0.5) is 0 Å². The highest BCUT2D eigenvalue weighted by atomic mass is 16.6. The number of methoxy groups -OCH3 is 2. The number of rotatable bonds is 8. The van der Waals surface area contributed by atoms with E-state index in [2.05, 4.69) is 34.8 Å². The molecular formula is C29H27N3O3. The Morgan fingerprint density at radius 3 is 2.37 bits per heavy atom. The molecule has 0 amide bonds. The summed E-state index contributed by atoms with van der Waals surface area (Å²) < 4.78 is 13.0. The van der Waals surface area contributed by atoms with Crippen LogP contribution in [0.25, 0.3) is 16.9 Å². The third-order valence-corrected chi connectivity index (χ3v) is 5.82. The summed E-state index contributed by atoms with van der Waals surface area (Å²) in [5.74, 6) is 1.59. The normalized spacial score (nSPS) is 11.1. The number of hydrogen-bond acceptors (Lipinski definition) is 5. The molecule has 0 bridgehead atoms. The van der Waals surface area contributed by atoms with Gasteiger partial charge in [-0.1, -0.05) is 29.4 Å². The van der Waals surface area contributed by atoms with Gasteiger partial charge < -0.3 is 18.9 Å². The number of hydrogen-bond donors (Lipinski definition) is 0. The van der Waals surface area contributed by atoms with E-state index in [1.165, 1.54) is 0 Å². The summed E-state index contributed by atoms with van der Waals surface area (Å²) in [5, 5.41) is 13.5. The third-order valence-electron chi connectivity index (χ3n) is 5.82. The lowest BCUT2D eigenvalue weighted by molar-refractivity contribution is 0.130. The number of ether oxygens (including phenoxy) is 2. The van der Waals surface area contributed by atoms with Crippen LogP contribution in [0.5, 0.6) is 11.5 Å². The van der Waals surface area contributed by atoms with Crippen molar-refractivity contribution < 1.29 is 14.3 Å². The Hall–Kier alpha value is -4.50. The van der Waals surface area contributed by atoms with Crippen LogP contribution in [-0.4, -0.2) is 24.5 Å². The molecule has 0 fully saturated rings. The smallest absolute Gasteiger partial charge is 0.142 e. The maximum atomic E-state index is 9.10. The average molecular weight is 466 g/mol. The van der Waals surface area contributed by atoms with E-state index < -0.39 is 0 Å². The lowest BCUT2D eigenvalue weighted by Crippen LogP contribution is -2.03. The van der Waals surface area contributed by atoms with E-state index >= 15 is 0 Å². The second kappa shape index (κ2) is 10.6. The van der Waals surface area contributed by atoms with Gasteiger partial charge in [0.15, 0.2) is 0 Å². The second-order valence-electron chi connectivity index (χ2n) is 8.06. The summed E-state index contributed by atoms with van der Waals surface area (Å²) in [6.45, 7) is 4.29. The first-order chi connectivity index (χ1) is 17.0. The first-order valence-electron chi connectivity index (χ1n) is 11.2. The van der Waals surface area contributed by atoms with Crippen molar-refractivity contribution in [2.45, 2.75) is 20.5 Å². The highest BCUT2D eigenvalue weighted by molar-refractivity contribution is 6.01. The maximum absolute atomic E-state index is 9.10. The Labute approximate surface area is 205 Å². The molecule has 6 heteroatoms. The standard InChI is InChI=1S/C29H27N3O3/c1-20(31-35-19-23-8-5-7-22(15-23)18-30)28-17-29(24-9-6-10-27(16-24)34-4)32(21(28)2)25-11-13-26(33-3)14-12-25/h5-17H,19H2,1-4H3/b31-20-. The monoisotopic (exact) mass is 465 g/mol. The zero-order chi connectivity index (χ0) is 24.8. The molecule has 35 heavy (non-hydrogen) atoms. The van der Waals surface area contributed by atoms with E-state index in [1.54, 1.807) is 26.4 Å². The molecule has 1 heterocycles. The SMILES string of the molecule is COc1ccc(-n2c(-c3cccc(OC)c3)cc(/C(C)=N\OCc3cccc(C#N)c3)c2C)cc1. The molecule has 0 radical (unpaired) electrons. The minimum Gasteiger partial charge on any atom is -0.497 e. The van der Waals surface area contributed by atoms with Crippen LogP contribution in [0.3, 0.4) is 0 Å². The zero-order valence-electron chi connectivity index (χ0n) is 20.3. The van der Waals surface area contributed by atoms with Gasteiger partial charge >= 0.3 is 0 Å². The number of oxime groups is 1. The number of benzene rings is 3. The highest BCUT2D eigenvalue weighted by Crippen LogP contribution is 2.32. The van der Waals surface area contributed by atoms with E-state index in [0.29, 0.717) is 5.56 Å². The number of aromatic nitrogens is 1. The molecule has 4 aromatic rings. The molecule has 4 rings (SSSR count). The minimum absolute atomic E-state index is 0.286. The Morgan fingerprint density at radius 2 is 1.66 bits per heavy atom. The van der Waals surface area contributed by atoms with E-state index in [9.17, 15) is 0 Å². The highest BCUT2D eigenvalue weighted by Gasteiger charge is 2.17. The van der Waals surface area contributed by atoms with Crippen molar-refractivity contribution in [3.05, 3.63) is 101 Å². The van der Waals surface area contributed by atoms with Crippen molar-refractivity contribution in [1.29, 1.82) is 5.26 Å². The predicted molar refractivity (Wildman–Crippen MR) is 137 cm³/mol. The lowest BCUT2D eigenvalue weighted by atomic mass is 10.1. The van der Waals surface area contributed by atoms with Crippen LogP contribution in [-0.2, 0) is 11.4 Å². The van der Waals surface area contributed by atoms with Crippen molar-refractivity contribution in [3.8, 4) is 34.5 Å². The average Bonchev–Trinajstić information content (AvgIpc) is 3.25. The molecule has 0 aliphatic heterocycles. The molecular weight excluding hydrogens is 438 g/mol. The van der Waals surface area contributed by atoms with Crippen LogP contribution in [0.1, 0.15) is 29.3 Å². The lowest BCUT2D eigenvalue weighted by Gasteiger charge is -2.13. The molecule has 0 saturated heterocycles. The third kappa shape index (κ3) is 5.20. The summed E-state index contributed by atoms with van der Waals surface area (Å²) in [4.78, 5) is 5.65. The molecule has 0 aliphatic rings. The quantitative estimate of drug-likeness (QED) is 0.227. The first-order valence-corrected chi connectivity index (χ1v) is 11.2. The fourth-order valence-electron chi connectivity index (χ4n) is 4.02. The van der Waals surface area contributed by atoms with Crippen LogP contribution in [0.15, 0.2) is 84.0 Å². The van der Waals surface area contributed by atoms with Crippen LogP contribution >= 0.6 is 0 Å². The Bertz CT molecular complexity index is 1400. The van der Waals surface area contributed by atoms with Gasteiger partial charge in [0.2, 0.25) is 0 Å². The summed E-state index contributed by atoms with van der Waals surface area (Å²) in [5.41, 5.74) is 7.31. The van der Waals surface area contributed by atoms with E-state index in [1.807, 2.05) is 61.5 Å². The van der Waals surface area contributed by atoms with Crippen molar-refractivity contribution in [3.63, 3.8) is 0 Å². The zero-order valence-corrected chi connectivity index (χ0v) is 20.3. The van der Waals surface area contributed by atoms with Gasteiger partial charge in [0, 0.05) is 22.5 Å². The van der Waals surface area contributed by atoms with Gasteiger partial charge in [-0.15, -0.1) is 0 Å². The minimum atomic E-state index is 0.286. The molecule has 0 unspecified atom stereocenters. The van der Waals surface area contributed by atoms with Crippen molar-refractivity contribution in [2.24, 2.45) is 5.16 Å². The van der Waals surface area contributed by atoms with Gasteiger partial charge in [0.1, 0.15) is 18.1 Å². The van der Waals surface area contributed by atoms with Crippen molar-refractivity contribution >= 4 is 5.71 Å². The van der Waals surface area contributed by atoms with E-state index in [4.69, 9.17) is 19.6 Å². The second-order valence-corrected chi connectivity index (χ2v) is 8.06. The molecule has 0 atom stereocenters. The van der Waals surface area contributed by atoms with Crippen molar-refractivity contribution in [2.75, 3.05) is 14.2 Å². The molecule has 0 saturated carbocycles. The fourth-order valence-corrected chi connectivity index (χ4v) is 4.02. The topological polar surface area (TPSA) is 68.8 Å². The Morgan fingerprint density at radius 1 is 0.914 bits per heavy atom. The van der Waals surface area contributed by atoms with Crippen molar-refractivity contribution in [1.82, 2.24) is 4.57 Å². The van der Waals surface area contributed by atoms with Gasteiger partial charge in [-0.25, -0.2) is 0 Å². The van der Waals surface area contributed by atoms with Gasteiger partial charge in [-0.3, -0.25) is 0 Å². The van der Waals surface area contributed by atoms with Crippen LogP contribution in [0.2, 0.25) is 0 Å². The molecule has 6 nitrogen and oxygen atoms in total. The van der Waals surface area contributed by atoms with Gasteiger partial charge in [0.25, 0.3) is 0 Å².